The van der Waals surface area contributed by atoms with Crippen LogP contribution in [0.4, 0.5) is 0 Å². The molecule has 0 atom stereocenters. The van der Waals surface area contributed by atoms with Gasteiger partial charge in [0.15, 0.2) is 0 Å². The topological polar surface area (TPSA) is 59.1 Å². The molecule has 0 fully saturated rings. The molecule has 0 aromatic heterocycles. The van der Waals surface area contributed by atoms with Gasteiger partial charge in [-0.2, -0.15) is 4.31 Å². The Balaban J connectivity index is 2.07. The number of benzene rings is 3. The van der Waals surface area contributed by atoms with E-state index in [4.69, 9.17) is 9.47 Å². The number of nitrogens with zero attached hydrogens (tertiary/aromatic N) is 2. The molecule has 0 N–H and O–H groups in total. The van der Waals surface area contributed by atoms with Crippen molar-refractivity contribution in [3.8, 4) is 11.5 Å². The van der Waals surface area contributed by atoms with Gasteiger partial charge in [0.2, 0.25) is 10.0 Å². The standard InChI is InChI=1S/C23H28N2O4S/c1-24(2)14-15-25(17-19-10-7-9-18-8-5-6-11-21(18)19)30(26,27)23-16-20(28-3)12-13-22(23)29-4/h5-13,16H,14-15,17H2,1-4H3. The van der Waals surface area contributed by atoms with Crippen molar-refractivity contribution in [2.24, 2.45) is 0 Å². The Morgan fingerprint density at radius 2 is 1.60 bits per heavy atom. The average Bonchev–Trinajstić information content (AvgIpc) is 2.75. The molecule has 0 bridgehead atoms. The van der Waals surface area contributed by atoms with Crippen LogP contribution in [-0.2, 0) is 16.6 Å². The van der Waals surface area contributed by atoms with Gasteiger partial charge in [-0.3, -0.25) is 0 Å². The molecule has 3 aromatic carbocycles. The number of fused-ring (bicyclic) bond motifs is 1. The van der Waals surface area contributed by atoms with Crippen molar-refractivity contribution in [3.05, 3.63) is 66.2 Å². The first kappa shape index (κ1) is 22.1. The molecule has 0 saturated carbocycles. The fourth-order valence-corrected chi connectivity index (χ4v) is 4.92. The first-order chi connectivity index (χ1) is 14.4. The maximum absolute atomic E-state index is 13.7. The SMILES string of the molecule is COc1ccc(OC)c(S(=O)(=O)N(CCN(C)C)Cc2cccc3ccccc23)c1. The minimum absolute atomic E-state index is 0.100. The van der Waals surface area contributed by atoms with Crippen molar-refractivity contribution in [1.29, 1.82) is 0 Å². The molecule has 0 aliphatic heterocycles. The molecule has 0 heterocycles. The lowest BCUT2D eigenvalue weighted by Crippen LogP contribution is -2.36. The molecule has 6 nitrogen and oxygen atoms in total. The van der Waals surface area contributed by atoms with Crippen LogP contribution in [0.2, 0.25) is 0 Å². The van der Waals surface area contributed by atoms with E-state index in [-0.39, 0.29) is 11.4 Å². The molecule has 3 rings (SSSR count). The smallest absolute Gasteiger partial charge is 0.247 e. The summed E-state index contributed by atoms with van der Waals surface area (Å²) in [4.78, 5) is 2.07. The number of rotatable bonds is 9. The van der Waals surface area contributed by atoms with Crippen molar-refractivity contribution >= 4 is 20.8 Å². The van der Waals surface area contributed by atoms with Gasteiger partial charge in [0.25, 0.3) is 0 Å². The van der Waals surface area contributed by atoms with E-state index >= 15 is 0 Å². The van der Waals surface area contributed by atoms with E-state index in [1.54, 1.807) is 12.1 Å². The molecule has 0 saturated heterocycles. The molecule has 0 amide bonds. The van der Waals surface area contributed by atoms with E-state index in [1.165, 1.54) is 24.6 Å². The monoisotopic (exact) mass is 428 g/mol. The Labute approximate surface area is 178 Å². The number of hydrogen-bond donors (Lipinski definition) is 0. The van der Waals surface area contributed by atoms with Gasteiger partial charge < -0.3 is 14.4 Å². The van der Waals surface area contributed by atoms with Crippen LogP contribution in [0.1, 0.15) is 5.56 Å². The highest BCUT2D eigenvalue weighted by Gasteiger charge is 2.29. The normalized spacial score (nSPS) is 11.9. The Morgan fingerprint density at radius 3 is 2.30 bits per heavy atom. The molecule has 0 unspecified atom stereocenters. The first-order valence-electron chi connectivity index (χ1n) is 9.70. The van der Waals surface area contributed by atoms with Gasteiger partial charge in [0.1, 0.15) is 16.4 Å². The third-order valence-corrected chi connectivity index (χ3v) is 6.88. The molecule has 160 valence electrons. The van der Waals surface area contributed by atoms with Crippen LogP contribution in [0.5, 0.6) is 11.5 Å². The van der Waals surface area contributed by atoms with Gasteiger partial charge in [-0.05, 0) is 42.6 Å². The van der Waals surface area contributed by atoms with Gasteiger partial charge in [-0.25, -0.2) is 8.42 Å². The predicted molar refractivity (Wildman–Crippen MR) is 120 cm³/mol. The summed E-state index contributed by atoms with van der Waals surface area (Å²) >= 11 is 0. The van der Waals surface area contributed by atoms with Gasteiger partial charge in [-0.15, -0.1) is 0 Å². The lowest BCUT2D eigenvalue weighted by molar-refractivity contribution is 0.327. The summed E-state index contributed by atoms with van der Waals surface area (Å²) in [6.45, 7) is 1.20. The van der Waals surface area contributed by atoms with Crippen molar-refractivity contribution < 1.29 is 17.9 Å². The minimum Gasteiger partial charge on any atom is -0.497 e. The maximum Gasteiger partial charge on any atom is 0.247 e. The van der Waals surface area contributed by atoms with Gasteiger partial charge in [-0.1, -0.05) is 42.5 Å². The highest BCUT2D eigenvalue weighted by Crippen LogP contribution is 2.32. The second-order valence-electron chi connectivity index (χ2n) is 7.30. The van der Waals surface area contributed by atoms with Crippen molar-refractivity contribution in [1.82, 2.24) is 9.21 Å². The lowest BCUT2D eigenvalue weighted by atomic mass is 10.0. The zero-order chi connectivity index (χ0) is 21.7. The summed E-state index contributed by atoms with van der Waals surface area (Å²) in [7, 11) is 2.99. The number of hydrogen-bond acceptors (Lipinski definition) is 5. The molecule has 0 spiro atoms. The molecule has 30 heavy (non-hydrogen) atoms. The van der Waals surface area contributed by atoms with Crippen LogP contribution in [-0.4, -0.2) is 59.0 Å². The second kappa shape index (κ2) is 9.47. The Hall–Kier alpha value is -2.61. The van der Waals surface area contributed by atoms with E-state index < -0.39 is 10.0 Å². The van der Waals surface area contributed by atoms with Crippen LogP contribution in [0, 0.1) is 0 Å². The molecule has 7 heteroatoms. The fourth-order valence-electron chi connectivity index (χ4n) is 3.34. The number of ether oxygens (including phenoxy) is 2. The summed E-state index contributed by atoms with van der Waals surface area (Å²) in [5.41, 5.74) is 0.956. The highest BCUT2D eigenvalue weighted by atomic mass is 32.2. The Bertz CT molecular complexity index is 1110. The third kappa shape index (κ3) is 4.75. The average molecular weight is 429 g/mol. The fraction of sp³-hybridized carbons (Fsp3) is 0.304. The van der Waals surface area contributed by atoms with E-state index in [0.29, 0.717) is 24.6 Å². The quantitative estimate of drug-likeness (QED) is 0.521. The predicted octanol–water partition coefficient (Wildman–Crippen LogP) is 3.61. The van der Waals surface area contributed by atoms with E-state index in [2.05, 4.69) is 0 Å². The van der Waals surface area contributed by atoms with E-state index in [0.717, 1.165) is 16.3 Å². The summed E-state index contributed by atoms with van der Waals surface area (Å²) < 4.78 is 39.5. The first-order valence-corrected chi connectivity index (χ1v) is 11.1. The zero-order valence-corrected chi connectivity index (χ0v) is 18.6. The summed E-state index contributed by atoms with van der Waals surface area (Å²) in [5.74, 6) is 0.760. The molecule has 0 aliphatic carbocycles. The van der Waals surface area contributed by atoms with E-state index in [9.17, 15) is 8.42 Å². The van der Waals surface area contributed by atoms with Crippen LogP contribution < -0.4 is 9.47 Å². The molecule has 0 aliphatic rings. The van der Waals surface area contributed by atoms with Crippen LogP contribution in [0.3, 0.4) is 0 Å². The van der Waals surface area contributed by atoms with Crippen molar-refractivity contribution in [2.45, 2.75) is 11.4 Å². The van der Waals surface area contributed by atoms with Crippen LogP contribution >= 0.6 is 0 Å². The third-order valence-electron chi connectivity index (χ3n) is 5.01. The second-order valence-corrected chi connectivity index (χ2v) is 9.20. The maximum atomic E-state index is 13.7. The Morgan fingerprint density at radius 1 is 0.867 bits per heavy atom. The summed E-state index contributed by atoms with van der Waals surface area (Å²) in [6, 6.07) is 18.8. The molecule has 0 radical (unpaired) electrons. The van der Waals surface area contributed by atoms with Gasteiger partial charge in [0, 0.05) is 25.7 Å². The highest BCUT2D eigenvalue weighted by molar-refractivity contribution is 7.89. The number of sulfonamides is 1. The van der Waals surface area contributed by atoms with Crippen LogP contribution in [0.15, 0.2) is 65.6 Å². The number of likely N-dealkylation sites (N-methyl/N-ethyl adjacent to an activating group) is 1. The van der Waals surface area contributed by atoms with Gasteiger partial charge in [0.05, 0.1) is 14.2 Å². The van der Waals surface area contributed by atoms with Crippen molar-refractivity contribution in [2.75, 3.05) is 41.4 Å². The summed E-state index contributed by atoms with van der Waals surface area (Å²) in [6.07, 6.45) is 0. The molecular weight excluding hydrogens is 400 g/mol. The lowest BCUT2D eigenvalue weighted by Gasteiger charge is -2.25. The zero-order valence-electron chi connectivity index (χ0n) is 17.8. The van der Waals surface area contributed by atoms with Crippen molar-refractivity contribution in [3.63, 3.8) is 0 Å². The molecule has 3 aromatic rings. The van der Waals surface area contributed by atoms with E-state index in [1.807, 2.05) is 61.5 Å². The van der Waals surface area contributed by atoms with Crippen LogP contribution in [0.25, 0.3) is 10.8 Å². The number of methoxy groups -OCH3 is 2. The van der Waals surface area contributed by atoms with Gasteiger partial charge >= 0.3 is 0 Å². The molecular formula is C23H28N2O4S. The summed E-state index contributed by atoms with van der Waals surface area (Å²) in [5, 5.41) is 2.13. The largest absolute Gasteiger partial charge is 0.497 e. The minimum atomic E-state index is -3.84. The Kier molecular flexibility index (Phi) is 6.97.